The first kappa shape index (κ1) is 16.0. The molecule has 2 rings (SSSR count). The molecule has 0 amide bonds. The molecule has 21 heavy (non-hydrogen) atoms. The highest BCUT2D eigenvalue weighted by atomic mass is 32.2. The number of likely N-dealkylation sites (N-methyl/N-ethyl adjacent to an activating group) is 1. The highest BCUT2D eigenvalue weighted by Crippen LogP contribution is 2.22. The molecule has 1 unspecified atom stereocenters. The van der Waals surface area contributed by atoms with Gasteiger partial charge in [0.1, 0.15) is 5.82 Å². The number of nitrogens with one attached hydrogen (secondary N) is 1. The Morgan fingerprint density at radius 3 is 2.95 bits per heavy atom. The van der Waals surface area contributed by atoms with Crippen molar-refractivity contribution < 1.29 is 8.91 Å². The van der Waals surface area contributed by atoms with Gasteiger partial charge in [0.15, 0.2) is 5.82 Å². The van der Waals surface area contributed by atoms with E-state index in [0.717, 1.165) is 24.3 Å². The summed E-state index contributed by atoms with van der Waals surface area (Å²) in [7, 11) is 0. The number of thioether (sulfide) groups is 1. The zero-order chi connectivity index (χ0) is 15.1. The van der Waals surface area contributed by atoms with Crippen LogP contribution < -0.4 is 5.32 Å². The van der Waals surface area contributed by atoms with Crippen molar-refractivity contribution >= 4 is 11.8 Å². The molecule has 0 spiro atoms. The second-order valence-electron chi connectivity index (χ2n) is 4.72. The predicted octanol–water partition coefficient (Wildman–Crippen LogP) is 3.43. The van der Waals surface area contributed by atoms with Crippen molar-refractivity contribution in [3.8, 4) is 0 Å². The number of hydrogen-bond acceptors (Lipinski definition) is 5. The molecule has 0 aliphatic carbocycles. The molecule has 0 fully saturated rings. The third-order valence-electron chi connectivity index (χ3n) is 3.08. The van der Waals surface area contributed by atoms with Crippen LogP contribution in [0.4, 0.5) is 4.39 Å². The Hall–Kier alpha value is -1.40. The molecule has 6 heteroatoms. The van der Waals surface area contributed by atoms with Crippen molar-refractivity contribution in [2.45, 2.75) is 43.4 Å². The Labute approximate surface area is 128 Å². The molecule has 2 aromatic rings. The third-order valence-corrected chi connectivity index (χ3v) is 4.07. The van der Waals surface area contributed by atoms with Crippen LogP contribution in [0, 0.1) is 5.82 Å². The molecule has 1 aromatic carbocycles. The van der Waals surface area contributed by atoms with Gasteiger partial charge in [-0.2, -0.15) is 4.98 Å². The van der Waals surface area contributed by atoms with E-state index in [1.807, 2.05) is 6.07 Å². The summed E-state index contributed by atoms with van der Waals surface area (Å²) < 4.78 is 18.3. The summed E-state index contributed by atoms with van der Waals surface area (Å²) in [6.07, 6.45) is 1.76. The SMILES string of the molecule is CCNC(CC)Cc1nc(CSc2cccc(F)c2)no1. The topological polar surface area (TPSA) is 51.0 Å². The lowest BCUT2D eigenvalue weighted by Gasteiger charge is -2.12. The van der Waals surface area contributed by atoms with Crippen molar-refractivity contribution in [3.05, 3.63) is 41.8 Å². The number of benzene rings is 1. The molecule has 0 aliphatic heterocycles. The third kappa shape index (κ3) is 5.13. The van der Waals surface area contributed by atoms with Crippen LogP contribution >= 0.6 is 11.8 Å². The highest BCUT2D eigenvalue weighted by molar-refractivity contribution is 7.98. The first-order valence-corrected chi connectivity index (χ1v) is 8.13. The van der Waals surface area contributed by atoms with Crippen molar-refractivity contribution in [3.63, 3.8) is 0 Å². The van der Waals surface area contributed by atoms with Gasteiger partial charge < -0.3 is 9.84 Å². The van der Waals surface area contributed by atoms with Crippen LogP contribution in [-0.4, -0.2) is 22.7 Å². The Balaban J connectivity index is 1.88. The fourth-order valence-electron chi connectivity index (χ4n) is 2.00. The van der Waals surface area contributed by atoms with E-state index in [9.17, 15) is 4.39 Å². The van der Waals surface area contributed by atoms with E-state index in [0.29, 0.717) is 23.5 Å². The van der Waals surface area contributed by atoms with E-state index >= 15 is 0 Å². The first-order chi connectivity index (χ1) is 10.2. The van der Waals surface area contributed by atoms with E-state index in [2.05, 4.69) is 29.3 Å². The summed E-state index contributed by atoms with van der Waals surface area (Å²) in [5, 5.41) is 7.35. The average molecular weight is 309 g/mol. The van der Waals surface area contributed by atoms with Gasteiger partial charge in [-0.05, 0) is 31.2 Å². The minimum atomic E-state index is -0.231. The summed E-state index contributed by atoms with van der Waals surface area (Å²) in [5.74, 6) is 1.64. The maximum absolute atomic E-state index is 13.1. The van der Waals surface area contributed by atoms with Gasteiger partial charge in [-0.25, -0.2) is 4.39 Å². The minimum Gasteiger partial charge on any atom is -0.339 e. The zero-order valence-electron chi connectivity index (χ0n) is 12.3. The van der Waals surface area contributed by atoms with E-state index in [4.69, 9.17) is 4.52 Å². The minimum absolute atomic E-state index is 0.231. The van der Waals surface area contributed by atoms with Crippen molar-refractivity contribution in [2.75, 3.05) is 6.54 Å². The molecule has 0 bridgehead atoms. The summed E-state index contributed by atoms with van der Waals surface area (Å²) in [4.78, 5) is 5.25. The monoisotopic (exact) mass is 309 g/mol. The number of halogens is 1. The molecule has 114 valence electrons. The van der Waals surface area contributed by atoms with Crippen LogP contribution in [0.15, 0.2) is 33.7 Å². The van der Waals surface area contributed by atoms with Gasteiger partial charge in [-0.15, -0.1) is 11.8 Å². The summed E-state index contributed by atoms with van der Waals surface area (Å²) in [5.41, 5.74) is 0. The van der Waals surface area contributed by atoms with Gasteiger partial charge in [-0.1, -0.05) is 25.1 Å². The van der Waals surface area contributed by atoms with Crippen molar-refractivity contribution in [1.29, 1.82) is 0 Å². The maximum atomic E-state index is 13.1. The van der Waals surface area contributed by atoms with E-state index in [1.165, 1.54) is 23.9 Å². The number of rotatable bonds is 8. The molecule has 1 N–H and O–H groups in total. The van der Waals surface area contributed by atoms with Gasteiger partial charge >= 0.3 is 0 Å². The molecular formula is C15H20FN3OS. The predicted molar refractivity (Wildman–Crippen MR) is 81.7 cm³/mol. The van der Waals surface area contributed by atoms with Crippen LogP contribution in [0.2, 0.25) is 0 Å². The Morgan fingerprint density at radius 1 is 1.38 bits per heavy atom. The van der Waals surface area contributed by atoms with E-state index < -0.39 is 0 Å². The number of hydrogen-bond donors (Lipinski definition) is 1. The molecule has 1 atom stereocenters. The summed E-state index contributed by atoms with van der Waals surface area (Å²) in [6, 6.07) is 6.86. The first-order valence-electron chi connectivity index (χ1n) is 7.14. The smallest absolute Gasteiger partial charge is 0.228 e. The molecule has 0 saturated carbocycles. The standard InChI is InChI=1S/C15H20FN3OS/c1-3-12(17-4-2)9-15-18-14(19-20-15)10-21-13-7-5-6-11(16)8-13/h5-8,12,17H,3-4,9-10H2,1-2H3. The molecule has 0 saturated heterocycles. The fourth-order valence-corrected chi connectivity index (χ4v) is 2.78. The molecule has 4 nitrogen and oxygen atoms in total. The van der Waals surface area contributed by atoms with Crippen LogP contribution in [0.25, 0.3) is 0 Å². The number of nitrogens with zero attached hydrogens (tertiary/aromatic N) is 2. The molecule has 1 aromatic heterocycles. The van der Waals surface area contributed by atoms with Gasteiger partial charge in [0.05, 0.1) is 5.75 Å². The zero-order valence-corrected chi connectivity index (χ0v) is 13.1. The van der Waals surface area contributed by atoms with Gasteiger partial charge in [-0.3, -0.25) is 0 Å². The highest BCUT2D eigenvalue weighted by Gasteiger charge is 2.12. The van der Waals surface area contributed by atoms with Crippen LogP contribution in [0.5, 0.6) is 0 Å². The molecule has 0 aliphatic rings. The van der Waals surface area contributed by atoms with Crippen LogP contribution in [0.3, 0.4) is 0 Å². The average Bonchev–Trinajstić information content (AvgIpc) is 2.92. The Bertz CT molecular complexity index is 561. The normalized spacial score (nSPS) is 12.5. The quantitative estimate of drug-likeness (QED) is 0.757. The summed E-state index contributed by atoms with van der Waals surface area (Å²) >= 11 is 1.50. The largest absolute Gasteiger partial charge is 0.339 e. The molecule has 0 radical (unpaired) electrons. The molecular weight excluding hydrogens is 289 g/mol. The maximum Gasteiger partial charge on any atom is 0.228 e. The Morgan fingerprint density at radius 2 is 2.24 bits per heavy atom. The van der Waals surface area contributed by atoms with Gasteiger partial charge in [0, 0.05) is 17.4 Å². The second kappa shape index (κ2) is 8.14. The van der Waals surface area contributed by atoms with E-state index in [1.54, 1.807) is 6.07 Å². The van der Waals surface area contributed by atoms with E-state index in [-0.39, 0.29) is 5.82 Å². The van der Waals surface area contributed by atoms with Crippen molar-refractivity contribution in [1.82, 2.24) is 15.5 Å². The lowest BCUT2D eigenvalue weighted by atomic mass is 10.1. The lowest BCUT2D eigenvalue weighted by molar-refractivity contribution is 0.352. The Kier molecular flexibility index (Phi) is 6.20. The van der Waals surface area contributed by atoms with Crippen LogP contribution in [0.1, 0.15) is 32.0 Å². The van der Waals surface area contributed by atoms with Crippen molar-refractivity contribution in [2.24, 2.45) is 0 Å². The van der Waals surface area contributed by atoms with Gasteiger partial charge in [0.2, 0.25) is 5.89 Å². The van der Waals surface area contributed by atoms with Gasteiger partial charge in [0.25, 0.3) is 0 Å². The summed E-state index contributed by atoms with van der Waals surface area (Å²) in [6.45, 7) is 5.14. The van der Waals surface area contributed by atoms with Crippen LogP contribution in [-0.2, 0) is 12.2 Å². The lowest BCUT2D eigenvalue weighted by Crippen LogP contribution is -2.30. The second-order valence-corrected chi connectivity index (χ2v) is 5.77. The number of aromatic nitrogens is 2. The molecule has 1 heterocycles. The fraction of sp³-hybridized carbons (Fsp3) is 0.467.